The fourth-order valence-corrected chi connectivity index (χ4v) is 3.16. The van der Waals surface area contributed by atoms with Crippen molar-refractivity contribution in [3.8, 4) is 0 Å². The van der Waals surface area contributed by atoms with Crippen LogP contribution in [-0.4, -0.2) is 10.0 Å². The van der Waals surface area contributed by atoms with Gasteiger partial charge in [-0.15, -0.1) is 0 Å². The number of halogens is 1. The van der Waals surface area contributed by atoms with Crippen molar-refractivity contribution in [3.63, 3.8) is 0 Å². The molecule has 0 radical (unpaired) electrons. The zero-order valence-corrected chi connectivity index (χ0v) is 12.3. The minimum atomic E-state index is 0.518. The number of rotatable bonds is 3. The zero-order valence-electron chi connectivity index (χ0n) is 9.94. The predicted molar refractivity (Wildman–Crippen MR) is 78.2 cm³/mol. The number of thiocarbonyl (C=S) groups is 1. The van der Waals surface area contributed by atoms with Crippen LogP contribution >= 0.6 is 28.1 Å². The molecule has 1 saturated carbocycles. The lowest BCUT2D eigenvalue weighted by molar-refractivity contribution is 0.384. The highest BCUT2D eigenvalue weighted by molar-refractivity contribution is 9.10. The maximum Gasteiger partial charge on any atom is 0.148 e. The van der Waals surface area contributed by atoms with Crippen molar-refractivity contribution in [1.29, 1.82) is 0 Å². The van der Waals surface area contributed by atoms with Crippen LogP contribution < -0.4 is 0 Å². The molecule has 1 aromatic heterocycles. The number of hydrogen-bond donors (Lipinski definition) is 0. The summed E-state index contributed by atoms with van der Waals surface area (Å²) in [6.07, 6.45) is 4.10. The predicted octanol–water partition coefficient (Wildman–Crippen LogP) is 4.39. The standard InChI is InChI=1S/C14H12BrNOS/c1-8-2-5-10(12(15)6-8)14(18)11-7-16-17-13(11)9-3-4-9/h2,5-7,9H,3-4H2,1H3. The van der Waals surface area contributed by atoms with E-state index >= 15 is 0 Å². The van der Waals surface area contributed by atoms with Gasteiger partial charge in [-0.2, -0.15) is 0 Å². The third kappa shape index (κ3) is 2.15. The number of nitrogens with zero attached hydrogens (tertiary/aromatic N) is 1. The van der Waals surface area contributed by atoms with Gasteiger partial charge in [-0.1, -0.05) is 45.4 Å². The van der Waals surface area contributed by atoms with Gasteiger partial charge in [-0.25, -0.2) is 0 Å². The molecule has 0 aliphatic heterocycles. The summed E-state index contributed by atoms with van der Waals surface area (Å²) < 4.78 is 6.37. The molecule has 1 fully saturated rings. The van der Waals surface area contributed by atoms with Gasteiger partial charge in [-0.3, -0.25) is 0 Å². The van der Waals surface area contributed by atoms with E-state index in [0.717, 1.165) is 26.2 Å². The van der Waals surface area contributed by atoms with E-state index in [1.165, 1.54) is 18.4 Å². The van der Waals surface area contributed by atoms with Gasteiger partial charge in [0.05, 0.1) is 16.6 Å². The highest BCUT2D eigenvalue weighted by atomic mass is 79.9. The minimum absolute atomic E-state index is 0.518. The number of aromatic nitrogens is 1. The molecule has 2 nitrogen and oxygen atoms in total. The van der Waals surface area contributed by atoms with Gasteiger partial charge in [0.1, 0.15) is 5.76 Å². The minimum Gasteiger partial charge on any atom is -0.360 e. The maximum absolute atomic E-state index is 5.58. The highest BCUT2D eigenvalue weighted by Crippen LogP contribution is 2.42. The molecule has 2 aromatic rings. The Morgan fingerprint density at radius 3 is 2.83 bits per heavy atom. The summed E-state index contributed by atoms with van der Waals surface area (Å²) >= 11 is 9.15. The van der Waals surface area contributed by atoms with E-state index in [0.29, 0.717) is 5.92 Å². The molecule has 0 unspecified atom stereocenters. The van der Waals surface area contributed by atoms with Crippen LogP contribution in [0.15, 0.2) is 33.4 Å². The summed E-state index contributed by atoms with van der Waals surface area (Å²) in [5, 5.41) is 3.90. The molecule has 0 spiro atoms. The molecule has 3 rings (SSSR count). The Bertz CT molecular complexity index is 616. The van der Waals surface area contributed by atoms with Crippen molar-refractivity contribution in [2.75, 3.05) is 0 Å². The zero-order chi connectivity index (χ0) is 12.7. The monoisotopic (exact) mass is 321 g/mol. The molecule has 0 saturated heterocycles. The Hall–Kier alpha value is -1.00. The molecule has 1 aliphatic rings. The summed E-state index contributed by atoms with van der Waals surface area (Å²) in [7, 11) is 0. The fourth-order valence-electron chi connectivity index (χ4n) is 2.01. The van der Waals surface area contributed by atoms with Gasteiger partial charge in [-0.05, 0) is 31.4 Å². The topological polar surface area (TPSA) is 26.0 Å². The van der Waals surface area contributed by atoms with Crippen molar-refractivity contribution in [2.45, 2.75) is 25.7 Å². The van der Waals surface area contributed by atoms with Gasteiger partial charge in [0.15, 0.2) is 0 Å². The molecule has 0 amide bonds. The molecule has 92 valence electrons. The number of hydrogen-bond acceptors (Lipinski definition) is 3. The number of aryl methyl sites for hydroxylation is 1. The van der Waals surface area contributed by atoms with Crippen molar-refractivity contribution >= 4 is 33.0 Å². The van der Waals surface area contributed by atoms with Crippen molar-refractivity contribution in [3.05, 3.63) is 51.3 Å². The average molecular weight is 322 g/mol. The lowest BCUT2D eigenvalue weighted by Crippen LogP contribution is -2.02. The van der Waals surface area contributed by atoms with E-state index in [9.17, 15) is 0 Å². The van der Waals surface area contributed by atoms with E-state index in [4.69, 9.17) is 16.7 Å². The van der Waals surface area contributed by atoms with Crippen LogP contribution in [0.4, 0.5) is 0 Å². The largest absolute Gasteiger partial charge is 0.360 e. The van der Waals surface area contributed by atoms with Crippen LogP contribution in [0, 0.1) is 6.92 Å². The Morgan fingerprint density at radius 2 is 2.17 bits per heavy atom. The Kier molecular flexibility index (Phi) is 3.08. The third-order valence-electron chi connectivity index (χ3n) is 3.16. The molecule has 0 atom stereocenters. The first-order chi connectivity index (χ1) is 8.66. The lowest BCUT2D eigenvalue weighted by Gasteiger charge is -2.06. The van der Waals surface area contributed by atoms with Gasteiger partial charge in [0, 0.05) is 16.0 Å². The third-order valence-corrected chi connectivity index (χ3v) is 4.26. The first kappa shape index (κ1) is 12.1. The van der Waals surface area contributed by atoms with Crippen LogP contribution in [0.25, 0.3) is 0 Å². The molecule has 4 heteroatoms. The maximum atomic E-state index is 5.58. The quantitative estimate of drug-likeness (QED) is 0.619. The normalized spacial score (nSPS) is 14.8. The molecule has 1 aromatic carbocycles. The lowest BCUT2D eigenvalue weighted by atomic mass is 10.0. The molecule has 0 bridgehead atoms. The summed E-state index contributed by atoms with van der Waals surface area (Å²) in [6.45, 7) is 2.06. The first-order valence-electron chi connectivity index (χ1n) is 5.92. The van der Waals surface area contributed by atoms with Crippen LogP contribution in [-0.2, 0) is 0 Å². The van der Waals surface area contributed by atoms with E-state index < -0.39 is 0 Å². The summed E-state index contributed by atoms with van der Waals surface area (Å²) in [6, 6.07) is 6.19. The molecule has 1 heterocycles. The van der Waals surface area contributed by atoms with Gasteiger partial charge < -0.3 is 4.52 Å². The Balaban J connectivity index is 2.00. The SMILES string of the molecule is Cc1ccc(C(=S)c2cnoc2C2CC2)c(Br)c1. The average Bonchev–Trinajstić information content (AvgIpc) is 3.06. The smallest absolute Gasteiger partial charge is 0.148 e. The van der Waals surface area contributed by atoms with Crippen molar-refractivity contribution in [2.24, 2.45) is 0 Å². The van der Waals surface area contributed by atoms with Gasteiger partial charge in [0.25, 0.3) is 0 Å². The van der Waals surface area contributed by atoms with E-state index in [-0.39, 0.29) is 0 Å². The second-order valence-corrected chi connectivity index (χ2v) is 5.95. The molecular weight excluding hydrogens is 310 g/mol. The van der Waals surface area contributed by atoms with Gasteiger partial charge in [0.2, 0.25) is 0 Å². The molecule has 0 N–H and O–H groups in total. The van der Waals surface area contributed by atoms with Crippen LogP contribution in [0.3, 0.4) is 0 Å². The number of benzene rings is 1. The summed E-state index contributed by atoms with van der Waals surface area (Å²) in [4.78, 5) is 0.810. The molecule has 18 heavy (non-hydrogen) atoms. The van der Waals surface area contributed by atoms with Crippen molar-refractivity contribution < 1.29 is 4.52 Å². The van der Waals surface area contributed by atoms with Crippen LogP contribution in [0.2, 0.25) is 0 Å². The van der Waals surface area contributed by atoms with E-state index in [2.05, 4.69) is 40.1 Å². The Morgan fingerprint density at radius 1 is 1.39 bits per heavy atom. The Labute approximate surface area is 119 Å². The first-order valence-corrected chi connectivity index (χ1v) is 7.12. The fraction of sp³-hybridized carbons (Fsp3) is 0.286. The second-order valence-electron chi connectivity index (χ2n) is 4.69. The second kappa shape index (κ2) is 4.59. The summed E-state index contributed by atoms with van der Waals surface area (Å²) in [5.41, 5.74) is 3.21. The molecule has 1 aliphatic carbocycles. The van der Waals surface area contributed by atoms with E-state index in [1.807, 2.05) is 6.07 Å². The van der Waals surface area contributed by atoms with E-state index in [1.54, 1.807) is 6.20 Å². The van der Waals surface area contributed by atoms with Crippen LogP contribution in [0.1, 0.15) is 41.2 Å². The van der Waals surface area contributed by atoms with Crippen molar-refractivity contribution in [1.82, 2.24) is 5.16 Å². The highest BCUT2D eigenvalue weighted by Gasteiger charge is 2.31. The molecular formula is C14H12BrNOS. The van der Waals surface area contributed by atoms with Crippen LogP contribution in [0.5, 0.6) is 0 Å². The van der Waals surface area contributed by atoms with Gasteiger partial charge >= 0.3 is 0 Å². The summed E-state index contributed by atoms with van der Waals surface area (Å²) in [5.74, 6) is 1.47.